The van der Waals surface area contributed by atoms with Gasteiger partial charge in [-0.25, -0.2) is 14.2 Å². The van der Waals surface area contributed by atoms with Crippen molar-refractivity contribution in [2.24, 2.45) is 0 Å². The van der Waals surface area contributed by atoms with Gasteiger partial charge in [-0.05, 0) is 42.3 Å². The highest BCUT2D eigenvalue weighted by Crippen LogP contribution is 2.29. The van der Waals surface area contributed by atoms with Crippen LogP contribution in [-0.4, -0.2) is 36.1 Å². The van der Waals surface area contributed by atoms with E-state index in [0.29, 0.717) is 24.5 Å². The molecular formula is C19H19FN2O4. The van der Waals surface area contributed by atoms with E-state index in [9.17, 15) is 14.0 Å². The number of nitrogens with zero attached hydrogens (tertiary/aromatic N) is 1. The van der Waals surface area contributed by atoms with Crippen LogP contribution in [0.4, 0.5) is 4.39 Å². The zero-order valence-electron chi connectivity index (χ0n) is 14.3. The van der Waals surface area contributed by atoms with Crippen molar-refractivity contribution >= 4 is 11.9 Å². The summed E-state index contributed by atoms with van der Waals surface area (Å²) < 4.78 is 24.5. The third-order valence-electron chi connectivity index (χ3n) is 4.03. The molecule has 2 heterocycles. The molecule has 0 radical (unpaired) electrons. The predicted octanol–water partition coefficient (Wildman–Crippen LogP) is 2.26. The number of esters is 1. The van der Waals surface area contributed by atoms with Gasteiger partial charge in [-0.1, -0.05) is 6.07 Å². The largest absolute Gasteiger partial charge is 0.478 e. The third kappa shape index (κ3) is 3.99. The fraction of sp³-hybridized carbons (Fsp3) is 0.316. The molecule has 2 aromatic rings. The van der Waals surface area contributed by atoms with Gasteiger partial charge in [0.2, 0.25) is 11.8 Å². The number of nitrogens with one attached hydrogen (secondary N) is 1. The molecule has 1 amide bonds. The topological polar surface area (TPSA) is 77.5 Å². The molecule has 1 N–H and O–H groups in total. The van der Waals surface area contributed by atoms with Crippen molar-refractivity contribution in [2.75, 3.05) is 13.2 Å². The molecule has 1 aliphatic heterocycles. The number of pyridine rings is 1. The number of cyclic esters (lactones) is 1. The SMILES string of the molecule is CCOc1ncccc1-c1ccc(F)c(CC(=O)N[C@@H]2CCOC2=O)c1. The van der Waals surface area contributed by atoms with Crippen molar-refractivity contribution in [3.8, 4) is 17.0 Å². The second kappa shape index (κ2) is 7.95. The average molecular weight is 358 g/mol. The fourth-order valence-corrected chi connectivity index (χ4v) is 2.79. The van der Waals surface area contributed by atoms with E-state index in [1.807, 2.05) is 13.0 Å². The Hall–Kier alpha value is -2.96. The highest BCUT2D eigenvalue weighted by Gasteiger charge is 2.28. The minimum atomic E-state index is -0.656. The summed E-state index contributed by atoms with van der Waals surface area (Å²) in [5, 5.41) is 2.58. The summed E-state index contributed by atoms with van der Waals surface area (Å²) in [5.41, 5.74) is 1.65. The first kappa shape index (κ1) is 17.8. The number of rotatable bonds is 6. The molecule has 3 rings (SSSR count). The van der Waals surface area contributed by atoms with Crippen LogP contribution in [0.1, 0.15) is 18.9 Å². The highest BCUT2D eigenvalue weighted by molar-refractivity contribution is 5.86. The summed E-state index contributed by atoms with van der Waals surface area (Å²) >= 11 is 0. The summed E-state index contributed by atoms with van der Waals surface area (Å²) in [7, 11) is 0. The highest BCUT2D eigenvalue weighted by atomic mass is 19.1. The lowest BCUT2D eigenvalue weighted by Gasteiger charge is -2.12. The summed E-state index contributed by atoms with van der Waals surface area (Å²) in [6.07, 6.45) is 1.88. The molecule has 0 aliphatic carbocycles. The summed E-state index contributed by atoms with van der Waals surface area (Å²) in [5.74, 6) is -0.920. The molecule has 7 heteroatoms. The second-order valence-corrected chi connectivity index (χ2v) is 5.85. The number of halogens is 1. The lowest BCUT2D eigenvalue weighted by molar-refractivity contribution is -0.141. The van der Waals surface area contributed by atoms with Crippen LogP contribution in [0.2, 0.25) is 0 Å². The van der Waals surface area contributed by atoms with E-state index < -0.39 is 23.7 Å². The monoisotopic (exact) mass is 358 g/mol. The molecule has 26 heavy (non-hydrogen) atoms. The molecule has 1 aromatic heterocycles. The molecule has 136 valence electrons. The summed E-state index contributed by atoms with van der Waals surface area (Å²) in [4.78, 5) is 27.8. The van der Waals surface area contributed by atoms with E-state index in [2.05, 4.69) is 10.3 Å². The van der Waals surface area contributed by atoms with Gasteiger partial charge in [-0.2, -0.15) is 0 Å². The average Bonchev–Trinajstić information content (AvgIpc) is 3.02. The van der Waals surface area contributed by atoms with E-state index in [0.717, 1.165) is 5.56 Å². The van der Waals surface area contributed by atoms with Gasteiger partial charge in [0, 0.05) is 18.2 Å². The number of ether oxygens (including phenoxy) is 2. The van der Waals surface area contributed by atoms with Gasteiger partial charge in [-0.15, -0.1) is 0 Å². The van der Waals surface area contributed by atoms with Crippen LogP contribution in [0.5, 0.6) is 5.88 Å². The molecule has 0 bridgehead atoms. The Morgan fingerprint density at radius 1 is 1.42 bits per heavy atom. The van der Waals surface area contributed by atoms with Crippen molar-refractivity contribution in [2.45, 2.75) is 25.8 Å². The van der Waals surface area contributed by atoms with Crippen LogP contribution < -0.4 is 10.1 Å². The van der Waals surface area contributed by atoms with Gasteiger partial charge in [0.05, 0.1) is 19.6 Å². The molecule has 1 aromatic carbocycles. The standard InChI is InChI=1S/C19H19FN2O4/c1-2-25-18-14(4-3-8-21-18)12-5-6-15(20)13(10-12)11-17(23)22-16-7-9-26-19(16)24/h3-6,8,10,16H,2,7,9,11H2,1H3,(H,22,23)/t16-/m1/s1. The van der Waals surface area contributed by atoms with Gasteiger partial charge in [-0.3, -0.25) is 4.79 Å². The smallest absolute Gasteiger partial charge is 0.328 e. The normalized spacial score (nSPS) is 16.2. The Morgan fingerprint density at radius 2 is 2.27 bits per heavy atom. The number of carbonyl (C=O) groups is 2. The van der Waals surface area contributed by atoms with Gasteiger partial charge in [0.25, 0.3) is 0 Å². The van der Waals surface area contributed by atoms with Crippen molar-refractivity contribution in [1.82, 2.24) is 10.3 Å². The third-order valence-corrected chi connectivity index (χ3v) is 4.03. The molecule has 0 saturated carbocycles. The van der Waals surface area contributed by atoms with Gasteiger partial charge in [0.15, 0.2) is 0 Å². The fourth-order valence-electron chi connectivity index (χ4n) is 2.79. The maximum Gasteiger partial charge on any atom is 0.328 e. The van der Waals surface area contributed by atoms with Gasteiger partial charge >= 0.3 is 5.97 Å². The van der Waals surface area contributed by atoms with Crippen molar-refractivity contribution < 1.29 is 23.5 Å². The minimum absolute atomic E-state index is 0.173. The quantitative estimate of drug-likeness (QED) is 0.802. The number of amides is 1. The van der Waals surface area contributed by atoms with Gasteiger partial charge in [0.1, 0.15) is 11.9 Å². The first-order valence-corrected chi connectivity index (χ1v) is 8.41. The minimum Gasteiger partial charge on any atom is -0.478 e. The van der Waals surface area contributed by atoms with Crippen LogP contribution in [-0.2, 0) is 20.7 Å². The molecule has 6 nitrogen and oxygen atoms in total. The maximum atomic E-state index is 14.2. The number of aromatic nitrogens is 1. The van der Waals surface area contributed by atoms with E-state index in [1.54, 1.807) is 24.4 Å². The van der Waals surface area contributed by atoms with Crippen LogP contribution in [0.15, 0.2) is 36.5 Å². The van der Waals surface area contributed by atoms with Crippen molar-refractivity contribution in [3.63, 3.8) is 0 Å². The van der Waals surface area contributed by atoms with Crippen molar-refractivity contribution in [3.05, 3.63) is 47.9 Å². The van der Waals surface area contributed by atoms with Crippen LogP contribution in [0, 0.1) is 5.82 Å². The Morgan fingerprint density at radius 3 is 3.00 bits per heavy atom. The first-order valence-electron chi connectivity index (χ1n) is 8.41. The zero-order valence-corrected chi connectivity index (χ0v) is 14.3. The molecule has 1 saturated heterocycles. The van der Waals surface area contributed by atoms with Crippen molar-refractivity contribution in [1.29, 1.82) is 0 Å². The number of benzene rings is 1. The summed E-state index contributed by atoms with van der Waals surface area (Å²) in [6.45, 7) is 2.60. The number of carbonyl (C=O) groups excluding carboxylic acids is 2. The second-order valence-electron chi connectivity index (χ2n) is 5.85. The van der Waals surface area contributed by atoms with Crippen LogP contribution >= 0.6 is 0 Å². The van der Waals surface area contributed by atoms with E-state index >= 15 is 0 Å². The van der Waals surface area contributed by atoms with E-state index in [1.165, 1.54) is 6.07 Å². The van der Waals surface area contributed by atoms with E-state index in [-0.39, 0.29) is 18.6 Å². The Bertz CT molecular complexity index is 825. The number of hydrogen-bond donors (Lipinski definition) is 1. The first-order chi connectivity index (χ1) is 12.6. The molecule has 1 fully saturated rings. The van der Waals surface area contributed by atoms with Gasteiger partial charge < -0.3 is 14.8 Å². The van der Waals surface area contributed by atoms with Crippen LogP contribution in [0.25, 0.3) is 11.1 Å². The molecule has 0 spiro atoms. The molecule has 1 aliphatic rings. The lowest BCUT2D eigenvalue weighted by Crippen LogP contribution is -2.38. The lowest BCUT2D eigenvalue weighted by atomic mass is 10.0. The summed E-state index contributed by atoms with van der Waals surface area (Å²) in [6, 6.07) is 7.45. The van der Waals surface area contributed by atoms with Crippen LogP contribution in [0.3, 0.4) is 0 Å². The molecule has 1 atom stereocenters. The number of hydrogen-bond acceptors (Lipinski definition) is 5. The zero-order chi connectivity index (χ0) is 18.5. The Labute approximate surface area is 150 Å². The Kier molecular flexibility index (Phi) is 5.46. The predicted molar refractivity (Wildman–Crippen MR) is 92.0 cm³/mol. The molecule has 0 unspecified atom stereocenters. The van der Waals surface area contributed by atoms with E-state index in [4.69, 9.17) is 9.47 Å². The maximum absolute atomic E-state index is 14.2. The Balaban J connectivity index is 1.80. The molecular weight excluding hydrogens is 339 g/mol.